The standard InChI is InChI=1S/C14H20O/c1-11-7-3-6-10-13(11)14(2,15)12-8-4-5-9-12/h3,6-7,10,12,15H,4-5,8-9H2,1-2H3. The van der Waals surface area contributed by atoms with Crippen molar-refractivity contribution in [3.63, 3.8) is 0 Å². The molecule has 0 amide bonds. The molecule has 0 heterocycles. The van der Waals surface area contributed by atoms with E-state index in [1.165, 1.54) is 31.2 Å². The van der Waals surface area contributed by atoms with E-state index in [1.807, 2.05) is 19.1 Å². The highest BCUT2D eigenvalue weighted by Crippen LogP contribution is 2.41. The van der Waals surface area contributed by atoms with E-state index in [9.17, 15) is 5.11 Å². The highest BCUT2D eigenvalue weighted by atomic mass is 16.3. The van der Waals surface area contributed by atoms with E-state index in [-0.39, 0.29) is 0 Å². The van der Waals surface area contributed by atoms with E-state index in [4.69, 9.17) is 0 Å². The third-order valence-corrected chi connectivity index (χ3v) is 3.84. The van der Waals surface area contributed by atoms with Crippen molar-refractivity contribution in [2.24, 2.45) is 5.92 Å². The first-order valence-corrected chi connectivity index (χ1v) is 5.91. The van der Waals surface area contributed by atoms with Gasteiger partial charge in [0.05, 0.1) is 5.60 Å². The van der Waals surface area contributed by atoms with Crippen molar-refractivity contribution in [3.05, 3.63) is 35.4 Å². The van der Waals surface area contributed by atoms with Crippen LogP contribution < -0.4 is 0 Å². The maximum absolute atomic E-state index is 10.7. The van der Waals surface area contributed by atoms with Crippen LogP contribution in [0.4, 0.5) is 0 Å². The zero-order valence-corrected chi connectivity index (χ0v) is 9.66. The van der Waals surface area contributed by atoms with Crippen LogP contribution in [0.25, 0.3) is 0 Å². The maximum Gasteiger partial charge on any atom is 0.0899 e. The van der Waals surface area contributed by atoms with Crippen molar-refractivity contribution in [2.75, 3.05) is 0 Å². The van der Waals surface area contributed by atoms with Gasteiger partial charge in [0.15, 0.2) is 0 Å². The fourth-order valence-electron chi connectivity index (χ4n) is 2.85. The molecule has 1 aliphatic rings. The second kappa shape index (κ2) is 3.97. The predicted molar refractivity (Wildman–Crippen MR) is 62.7 cm³/mol. The number of rotatable bonds is 2. The highest BCUT2D eigenvalue weighted by molar-refractivity contribution is 5.31. The lowest BCUT2D eigenvalue weighted by Gasteiger charge is -2.32. The molecule has 1 aromatic rings. The second-order valence-electron chi connectivity index (χ2n) is 4.94. The molecule has 0 aromatic heterocycles. The molecule has 1 saturated carbocycles. The zero-order valence-electron chi connectivity index (χ0n) is 9.66. The van der Waals surface area contributed by atoms with Crippen LogP contribution in [0.15, 0.2) is 24.3 Å². The Morgan fingerprint density at radius 2 is 1.80 bits per heavy atom. The molecular formula is C14H20O. The molecular weight excluding hydrogens is 184 g/mol. The Morgan fingerprint density at radius 3 is 2.40 bits per heavy atom. The van der Waals surface area contributed by atoms with E-state index < -0.39 is 5.60 Å². The minimum absolute atomic E-state index is 0.443. The molecule has 1 unspecified atom stereocenters. The summed E-state index contributed by atoms with van der Waals surface area (Å²) >= 11 is 0. The zero-order chi connectivity index (χ0) is 10.9. The van der Waals surface area contributed by atoms with Crippen LogP contribution in [-0.4, -0.2) is 5.11 Å². The van der Waals surface area contributed by atoms with Gasteiger partial charge < -0.3 is 5.11 Å². The predicted octanol–water partition coefficient (Wildman–Crippen LogP) is 3.39. The molecule has 1 aliphatic carbocycles. The van der Waals surface area contributed by atoms with Crippen LogP contribution in [0.5, 0.6) is 0 Å². The summed E-state index contributed by atoms with van der Waals surface area (Å²) < 4.78 is 0. The lowest BCUT2D eigenvalue weighted by molar-refractivity contribution is -0.00387. The van der Waals surface area contributed by atoms with Crippen molar-refractivity contribution in [2.45, 2.75) is 45.1 Å². The van der Waals surface area contributed by atoms with Gasteiger partial charge in [-0.3, -0.25) is 0 Å². The SMILES string of the molecule is Cc1ccccc1C(C)(O)C1CCCC1. The van der Waals surface area contributed by atoms with Crippen molar-refractivity contribution in [3.8, 4) is 0 Å². The minimum atomic E-state index is -0.637. The molecule has 1 N–H and O–H groups in total. The molecule has 2 rings (SSSR count). The molecule has 82 valence electrons. The summed E-state index contributed by atoms with van der Waals surface area (Å²) in [7, 11) is 0. The lowest BCUT2D eigenvalue weighted by atomic mass is 9.80. The first kappa shape index (κ1) is 10.7. The Morgan fingerprint density at radius 1 is 1.20 bits per heavy atom. The summed E-state index contributed by atoms with van der Waals surface area (Å²) in [6.07, 6.45) is 4.88. The fraction of sp³-hybridized carbons (Fsp3) is 0.571. The Balaban J connectivity index is 2.31. The molecule has 0 spiro atoms. The minimum Gasteiger partial charge on any atom is -0.385 e. The van der Waals surface area contributed by atoms with Gasteiger partial charge in [-0.05, 0) is 43.7 Å². The van der Waals surface area contributed by atoms with Crippen LogP contribution in [0.1, 0.15) is 43.7 Å². The number of aliphatic hydroxyl groups is 1. The molecule has 0 saturated heterocycles. The Labute approximate surface area is 92.1 Å². The van der Waals surface area contributed by atoms with Crippen LogP contribution >= 0.6 is 0 Å². The highest BCUT2D eigenvalue weighted by Gasteiger charge is 2.36. The van der Waals surface area contributed by atoms with E-state index in [0.717, 1.165) is 5.56 Å². The maximum atomic E-state index is 10.7. The lowest BCUT2D eigenvalue weighted by Crippen LogP contribution is -2.30. The van der Waals surface area contributed by atoms with E-state index >= 15 is 0 Å². The molecule has 1 nitrogen and oxygen atoms in total. The molecule has 1 heteroatoms. The van der Waals surface area contributed by atoms with E-state index in [1.54, 1.807) is 0 Å². The van der Waals surface area contributed by atoms with Crippen LogP contribution in [0.2, 0.25) is 0 Å². The summed E-state index contributed by atoms with van der Waals surface area (Å²) in [5.74, 6) is 0.443. The van der Waals surface area contributed by atoms with Crippen LogP contribution in [0, 0.1) is 12.8 Å². The van der Waals surface area contributed by atoms with Gasteiger partial charge in [-0.25, -0.2) is 0 Å². The number of aryl methyl sites for hydroxylation is 1. The first-order chi connectivity index (χ1) is 7.12. The normalized spacial score (nSPS) is 21.5. The molecule has 1 atom stereocenters. The average Bonchev–Trinajstić information content (AvgIpc) is 2.71. The summed E-state index contributed by atoms with van der Waals surface area (Å²) in [6.45, 7) is 4.06. The van der Waals surface area contributed by atoms with E-state index in [0.29, 0.717) is 5.92 Å². The number of hydrogen-bond donors (Lipinski definition) is 1. The van der Waals surface area contributed by atoms with E-state index in [2.05, 4.69) is 19.1 Å². The molecule has 1 aromatic carbocycles. The number of hydrogen-bond acceptors (Lipinski definition) is 1. The van der Waals surface area contributed by atoms with Crippen molar-refractivity contribution in [1.29, 1.82) is 0 Å². The Bertz CT molecular complexity index is 335. The van der Waals surface area contributed by atoms with Crippen molar-refractivity contribution < 1.29 is 5.11 Å². The molecule has 0 aliphatic heterocycles. The number of benzene rings is 1. The average molecular weight is 204 g/mol. The molecule has 1 fully saturated rings. The van der Waals surface area contributed by atoms with Crippen LogP contribution in [-0.2, 0) is 5.60 Å². The van der Waals surface area contributed by atoms with Gasteiger partial charge in [-0.1, -0.05) is 37.1 Å². The smallest absolute Gasteiger partial charge is 0.0899 e. The fourth-order valence-corrected chi connectivity index (χ4v) is 2.85. The van der Waals surface area contributed by atoms with Gasteiger partial charge in [0, 0.05) is 0 Å². The monoisotopic (exact) mass is 204 g/mol. The third-order valence-electron chi connectivity index (χ3n) is 3.84. The summed E-state index contributed by atoms with van der Waals surface area (Å²) in [6, 6.07) is 8.20. The summed E-state index contributed by atoms with van der Waals surface area (Å²) in [5.41, 5.74) is 1.67. The quantitative estimate of drug-likeness (QED) is 0.783. The van der Waals surface area contributed by atoms with Gasteiger partial charge in [0.25, 0.3) is 0 Å². The Hall–Kier alpha value is -0.820. The summed E-state index contributed by atoms with van der Waals surface area (Å²) in [4.78, 5) is 0. The molecule has 15 heavy (non-hydrogen) atoms. The Kier molecular flexibility index (Phi) is 2.83. The topological polar surface area (TPSA) is 20.2 Å². The first-order valence-electron chi connectivity index (χ1n) is 5.91. The largest absolute Gasteiger partial charge is 0.385 e. The van der Waals surface area contributed by atoms with Gasteiger partial charge >= 0.3 is 0 Å². The van der Waals surface area contributed by atoms with Gasteiger partial charge in [0.1, 0.15) is 0 Å². The molecule has 0 radical (unpaired) electrons. The van der Waals surface area contributed by atoms with Gasteiger partial charge in [-0.15, -0.1) is 0 Å². The van der Waals surface area contributed by atoms with Crippen molar-refractivity contribution in [1.82, 2.24) is 0 Å². The molecule has 0 bridgehead atoms. The van der Waals surface area contributed by atoms with Gasteiger partial charge in [-0.2, -0.15) is 0 Å². The second-order valence-corrected chi connectivity index (χ2v) is 4.94. The summed E-state index contributed by atoms with van der Waals surface area (Å²) in [5, 5.41) is 10.7. The third kappa shape index (κ3) is 1.93. The van der Waals surface area contributed by atoms with Gasteiger partial charge in [0.2, 0.25) is 0 Å². The van der Waals surface area contributed by atoms with Crippen molar-refractivity contribution >= 4 is 0 Å². The van der Waals surface area contributed by atoms with Crippen LogP contribution in [0.3, 0.4) is 0 Å².